The molecule has 2 unspecified atom stereocenters. The fourth-order valence-electron chi connectivity index (χ4n) is 2.01. The highest BCUT2D eigenvalue weighted by molar-refractivity contribution is 7.95. The summed E-state index contributed by atoms with van der Waals surface area (Å²) in [5.74, 6) is 0.852. The van der Waals surface area contributed by atoms with Crippen molar-refractivity contribution in [2.45, 2.75) is 51.3 Å². The van der Waals surface area contributed by atoms with Crippen molar-refractivity contribution in [2.24, 2.45) is 5.92 Å². The molecule has 1 saturated carbocycles. The van der Waals surface area contributed by atoms with Gasteiger partial charge in [-0.15, -0.1) is 4.72 Å². The van der Waals surface area contributed by atoms with E-state index < -0.39 is 0 Å². The summed E-state index contributed by atoms with van der Waals surface area (Å²) in [6.07, 6.45) is 5.10. The number of benzene rings is 1. The third kappa shape index (κ3) is 3.52. The molecule has 1 aliphatic carbocycles. The molecule has 1 nitrogen and oxygen atoms in total. The molecule has 1 aromatic rings. The van der Waals surface area contributed by atoms with Gasteiger partial charge in [-0.1, -0.05) is 29.8 Å². The summed E-state index contributed by atoms with van der Waals surface area (Å²) in [5, 5.41) is 0. The van der Waals surface area contributed by atoms with E-state index in [0.717, 1.165) is 5.92 Å². The molecule has 0 spiro atoms. The van der Waals surface area contributed by atoms with E-state index in [1.54, 1.807) is 0 Å². The van der Waals surface area contributed by atoms with Gasteiger partial charge in [-0.2, -0.15) is 0 Å². The molecule has 2 rings (SSSR count). The second-order valence-electron chi connectivity index (χ2n) is 6.47. The van der Waals surface area contributed by atoms with Crippen LogP contribution in [0.5, 0.6) is 0 Å². The Hall–Kier alpha value is -0.470. The summed E-state index contributed by atoms with van der Waals surface area (Å²) in [6, 6.07) is 9.61. The van der Waals surface area contributed by atoms with E-state index in [1.807, 2.05) is 0 Å². The van der Waals surface area contributed by atoms with Gasteiger partial charge in [-0.3, -0.25) is 0 Å². The lowest BCUT2D eigenvalue weighted by Gasteiger charge is -2.24. The topological polar surface area (TPSA) is 12.0 Å². The lowest BCUT2D eigenvalue weighted by atomic mass is 10.0. The van der Waals surface area contributed by atoms with Crippen LogP contribution in [-0.2, 0) is 11.1 Å². The highest BCUT2D eigenvalue weighted by atomic mass is 32.2. The molecule has 100 valence electrons. The van der Waals surface area contributed by atoms with Gasteiger partial charge in [0.05, 0.1) is 17.1 Å². The molecule has 1 N–H and O–H groups in total. The Balaban J connectivity index is 2.11. The van der Waals surface area contributed by atoms with E-state index in [1.165, 1.54) is 24.0 Å². The number of hydrogen-bond donors (Lipinski definition) is 1. The lowest BCUT2D eigenvalue weighted by molar-refractivity contribution is 0.582. The molecule has 1 fully saturated rings. The highest BCUT2D eigenvalue weighted by Gasteiger charge is 2.39. The summed E-state index contributed by atoms with van der Waals surface area (Å²) in [6.45, 7) is 9.12. The van der Waals surface area contributed by atoms with Crippen molar-refractivity contribution in [3.63, 3.8) is 0 Å². The van der Waals surface area contributed by atoms with Crippen molar-refractivity contribution < 1.29 is 0 Å². The van der Waals surface area contributed by atoms with Gasteiger partial charge < -0.3 is 0 Å². The van der Waals surface area contributed by atoms with Crippen LogP contribution in [0.1, 0.15) is 50.8 Å². The van der Waals surface area contributed by atoms with E-state index in [9.17, 15) is 0 Å². The number of rotatable bonds is 4. The van der Waals surface area contributed by atoms with Crippen LogP contribution >= 0.6 is 0 Å². The van der Waals surface area contributed by atoms with Crippen LogP contribution in [-0.4, -0.2) is 11.0 Å². The van der Waals surface area contributed by atoms with E-state index in [2.05, 4.69) is 62.9 Å². The number of aryl methyl sites for hydroxylation is 1. The molecule has 1 aromatic carbocycles. The molecule has 0 aromatic heterocycles. The summed E-state index contributed by atoms with van der Waals surface area (Å²) in [4.78, 5) is 0. The van der Waals surface area contributed by atoms with Crippen molar-refractivity contribution in [2.75, 3.05) is 6.26 Å². The molecular weight excluding hydrogens is 238 g/mol. The van der Waals surface area contributed by atoms with Crippen LogP contribution in [0.25, 0.3) is 0 Å². The zero-order valence-corrected chi connectivity index (χ0v) is 13.1. The average molecular weight is 264 g/mol. The largest absolute Gasteiger partial charge is 0.138 e. The van der Waals surface area contributed by atoms with Crippen molar-refractivity contribution in [3.8, 4) is 0 Å². The first-order valence-electron chi connectivity index (χ1n) is 6.87. The average Bonchev–Trinajstić information content (AvgIpc) is 3.09. The molecule has 0 heterocycles. The Bertz CT molecular complexity index is 387. The molecule has 0 aliphatic heterocycles. The van der Waals surface area contributed by atoms with Crippen molar-refractivity contribution in [3.05, 3.63) is 35.4 Å². The monoisotopic (exact) mass is 264 g/mol. The second-order valence-corrected chi connectivity index (χ2v) is 8.95. The van der Waals surface area contributed by atoms with E-state index in [0.29, 0.717) is 10.8 Å². The van der Waals surface area contributed by atoms with Crippen LogP contribution in [0.2, 0.25) is 0 Å². The zero-order valence-electron chi connectivity index (χ0n) is 12.3. The highest BCUT2D eigenvalue weighted by Crippen LogP contribution is 2.42. The van der Waals surface area contributed by atoms with Gasteiger partial charge in [0.25, 0.3) is 0 Å². The molecule has 1 aliphatic rings. The number of nitrogens with one attached hydrogen (secondary N) is 1. The quantitative estimate of drug-likeness (QED) is 0.811. The van der Waals surface area contributed by atoms with Crippen molar-refractivity contribution in [1.82, 2.24) is 4.72 Å². The SMILES string of the molecule is Cc1ccc(C(N[S+](C)C(C)(C)C)C2CC2)cc1. The minimum atomic E-state index is 0.246. The van der Waals surface area contributed by atoms with Gasteiger partial charge >= 0.3 is 0 Å². The minimum Gasteiger partial charge on any atom is -0.131 e. The fourth-order valence-corrected chi connectivity index (χ4v) is 3.07. The first-order chi connectivity index (χ1) is 8.38. The summed E-state index contributed by atoms with van der Waals surface area (Å²) in [5.41, 5.74) is 2.81. The third-order valence-corrected chi connectivity index (χ3v) is 6.20. The van der Waals surface area contributed by atoms with Gasteiger partial charge in [0.1, 0.15) is 11.0 Å². The molecule has 2 atom stereocenters. The Morgan fingerprint density at radius 1 is 1.17 bits per heavy atom. The van der Waals surface area contributed by atoms with Crippen LogP contribution < -0.4 is 4.72 Å². The normalized spacial score (nSPS) is 19.6. The Labute approximate surface area is 115 Å². The van der Waals surface area contributed by atoms with Gasteiger partial charge in [-0.05, 0) is 52.0 Å². The summed E-state index contributed by atoms with van der Waals surface area (Å²) >= 11 is 0.246. The van der Waals surface area contributed by atoms with Crippen molar-refractivity contribution in [1.29, 1.82) is 0 Å². The van der Waals surface area contributed by atoms with Gasteiger partial charge in [0, 0.05) is 0 Å². The molecule has 18 heavy (non-hydrogen) atoms. The molecule has 0 radical (unpaired) electrons. The smallest absolute Gasteiger partial charge is 0.131 e. The minimum absolute atomic E-state index is 0.246. The molecular formula is C16H26NS+. The first-order valence-corrected chi connectivity index (χ1v) is 8.50. The van der Waals surface area contributed by atoms with Crippen LogP contribution in [0, 0.1) is 12.8 Å². The predicted octanol–water partition coefficient (Wildman–Crippen LogP) is 4.00. The zero-order chi connectivity index (χ0) is 13.3. The maximum absolute atomic E-state index is 3.88. The summed E-state index contributed by atoms with van der Waals surface area (Å²) in [7, 11) is 0. The maximum atomic E-state index is 3.88. The van der Waals surface area contributed by atoms with Gasteiger partial charge in [0.15, 0.2) is 0 Å². The summed E-state index contributed by atoms with van der Waals surface area (Å²) < 4.78 is 4.23. The molecule has 2 heteroatoms. The third-order valence-electron chi connectivity index (χ3n) is 3.75. The lowest BCUT2D eigenvalue weighted by Crippen LogP contribution is -2.41. The number of hydrogen-bond acceptors (Lipinski definition) is 1. The standard InChI is InChI=1S/C16H26NS/c1-12-6-8-13(9-7-12)15(14-10-11-14)17-18(5)16(2,3)4/h6-9,14-15,17H,10-11H2,1-5H3/q+1. The van der Waals surface area contributed by atoms with Gasteiger partial charge in [0.2, 0.25) is 0 Å². The van der Waals surface area contributed by atoms with Crippen molar-refractivity contribution >= 4 is 11.1 Å². The van der Waals surface area contributed by atoms with Crippen LogP contribution in [0.15, 0.2) is 24.3 Å². The van der Waals surface area contributed by atoms with Crippen LogP contribution in [0.4, 0.5) is 0 Å². The molecule has 0 amide bonds. The molecule has 0 bridgehead atoms. The van der Waals surface area contributed by atoms with E-state index in [4.69, 9.17) is 0 Å². The maximum Gasteiger partial charge on any atom is 0.138 e. The molecule has 0 saturated heterocycles. The van der Waals surface area contributed by atoms with Crippen LogP contribution in [0.3, 0.4) is 0 Å². The van der Waals surface area contributed by atoms with Gasteiger partial charge in [-0.25, -0.2) is 0 Å². The Kier molecular flexibility index (Phi) is 4.08. The van der Waals surface area contributed by atoms with E-state index in [-0.39, 0.29) is 11.1 Å². The Morgan fingerprint density at radius 2 is 1.72 bits per heavy atom. The fraction of sp³-hybridized carbons (Fsp3) is 0.625. The first kappa shape index (κ1) is 14.0. The van der Waals surface area contributed by atoms with E-state index >= 15 is 0 Å². The Morgan fingerprint density at radius 3 is 2.17 bits per heavy atom. The predicted molar refractivity (Wildman–Crippen MR) is 82.8 cm³/mol. The second kappa shape index (κ2) is 5.26.